The first kappa shape index (κ1) is 15.8. The average Bonchev–Trinajstić information content (AvgIpc) is 3.23. The number of thiazole rings is 1. The molecule has 1 aromatic carbocycles. The van der Waals surface area contributed by atoms with Crippen LogP contribution in [0.2, 0.25) is 0 Å². The summed E-state index contributed by atoms with van der Waals surface area (Å²) in [5, 5.41) is 10.3. The van der Waals surface area contributed by atoms with Gasteiger partial charge in [0.05, 0.1) is 5.01 Å². The lowest BCUT2D eigenvalue weighted by Gasteiger charge is -2.04. The van der Waals surface area contributed by atoms with Gasteiger partial charge in [-0.1, -0.05) is 35.5 Å². The van der Waals surface area contributed by atoms with Crippen LogP contribution in [0, 0.1) is 0 Å². The van der Waals surface area contributed by atoms with E-state index in [1.165, 1.54) is 5.56 Å². The highest BCUT2D eigenvalue weighted by atomic mass is 32.1. The fourth-order valence-corrected chi connectivity index (χ4v) is 3.01. The van der Waals surface area contributed by atoms with Crippen molar-refractivity contribution < 1.29 is 4.52 Å². The zero-order valence-corrected chi connectivity index (χ0v) is 14.1. The molecular formula is C17H20N4OS. The molecule has 0 bridgehead atoms. The van der Waals surface area contributed by atoms with E-state index in [4.69, 9.17) is 4.52 Å². The van der Waals surface area contributed by atoms with Crippen molar-refractivity contribution in [2.75, 3.05) is 7.05 Å². The molecule has 0 saturated carbocycles. The van der Waals surface area contributed by atoms with E-state index in [1.54, 1.807) is 11.3 Å². The van der Waals surface area contributed by atoms with Gasteiger partial charge in [-0.05, 0) is 26.0 Å². The fourth-order valence-electron chi connectivity index (χ4n) is 2.24. The minimum absolute atomic E-state index is 0.317. The quantitative estimate of drug-likeness (QED) is 0.722. The Morgan fingerprint density at radius 2 is 2.00 bits per heavy atom. The van der Waals surface area contributed by atoms with Gasteiger partial charge >= 0.3 is 0 Å². The van der Waals surface area contributed by atoms with E-state index >= 15 is 0 Å². The SMILES string of the molecule is CNC(C)Cc1noc(-c2csc(CCc3ccccc3)n2)n1. The van der Waals surface area contributed by atoms with E-state index in [1.807, 2.05) is 18.5 Å². The molecule has 3 aromatic rings. The van der Waals surface area contributed by atoms with E-state index in [0.29, 0.717) is 17.8 Å². The maximum Gasteiger partial charge on any atom is 0.277 e. The van der Waals surface area contributed by atoms with Gasteiger partial charge in [0.1, 0.15) is 5.69 Å². The molecule has 0 saturated heterocycles. The molecule has 1 unspecified atom stereocenters. The zero-order chi connectivity index (χ0) is 16.1. The molecule has 0 radical (unpaired) electrons. The predicted octanol–water partition coefficient (Wildman–Crippen LogP) is 3.13. The van der Waals surface area contributed by atoms with Crippen LogP contribution in [-0.2, 0) is 19.3 Å². The van der Waals surface area contributed by atoms with Crippen LogP contribution in [0.25, 0.3) is 11.6 Å². The summed E-state index contributed by atoms with van der Waals surface area (Å²) < 4.78 is 5.33. The molecule has 2 heterocycles. The van der Waals surface area contributed by atoms with Crippen LogP contribution in [0.5, 0.6) is 0 Å². The summed E-state index contributed by atoms with van der Waals surface area (Å²) in [6.45, 7) is 2.08. The summed E-state index contributed by atoms with van der Waals surface area (Å²) in [5.74, 6) is 1.21. The van der Waals surface area contributed by atoms with Gasteiger partial charge in [-0.15, -0.1) is 11.3 Å². The lowest BCUT2D eigenvalue weighted by atomic mass is 10.1. The summed E-state index contributed by atoms with van der Waals surface area (Å²) in [7, 11) is 1.92. The van der Waals surface area contributed by atoms with Gasteiger partial charge in [-0.2, -0.15) is 4.98 Å². The smallest absolute Gasteiger partial charge is 0.277 e. The second-order valence-corrected chi connectivity index (χ2v) is 6.46. The van der Waals surface area contributed by atoms with Gasteiger partial charge < -0.3 is 9.84 Å². The minimum atomic E-state index is 0.317. The number of nitrogens with one attached hydrogen (secondary N) is 1. The summed E-state index contributed by atoms with van der Waals surface area (Å²) in [4.78, 5) is 9.04. The van der Waals surface area contributed by atoms with Crippen LogP contribution in [0.15, 0.2) is 40.2 Å². The Bertz CT molecular complexity index is 738. The maximum atomic E-state index is 5.33. The van der Waals surface area contributed by atoms with E-state index in [0.717, 1.165) is 30.0 Å². The first-order valence-electron chi connectivity index (χ1n) is 7.73. The Labute approximate surface area is 139 Å². The van der Waals surface area contributed by atoms with E-state index < -0.39 is 0 Å². The molecule has 0 fully saturated rings. The van der Waals surface area contributed by atoms with Gasteiger partial charge in [-0.3, -0.25) is 0 Å². The molecule has 0 aliphatic heterocycles. The molecule has 2 aromatic heterocycles. The van der Waals surface area contributed by atoms with Crippen LogP contribution < -0.4 is 5.32 Å². The Morgan fingerprint density at radius 1 is 1.17 bits per heavy atom. The van der Waals surface area contributed by atoms with Gasteiger partial charge in [0.25, 0.3) is 5.89 Å². The minimum Gasteiger partial charge on any atom is -0.332 e. The van der Waals surface area contributed by atoms with Crippen LogP contribution >= 0.6 is 11.3 Å². The predicted molar refractivity (Wildman–Crippen MR) is 91.5 cm³/mol. The third-order valence-corrected chi connectivity index (χ3v) is 4.60. The van der Waals surface area contributed by atoms with E-state index in [-0.39, 0.29) is 0 Å². The molecule has 0 amide bonds. The Kier molecular flexibility index (Phi) is 5.15. The number of hydrogen-bond donors (Lipinski definition) is 1. The summed E-state index contributed by atoms with van der Waals surface area (Å²) in [6.07, 6.45) is 2.65. The molecule has 0 spiro atoms. The monoisotopic (exact) mass is 328 g/mol. The number of aromatic nitrogens is 3. The van der Waals surface area contributed by atoms with Crippen molar-refractivity contribution in [3.63, 3.8) is 0 Å². The average molecular weight is 328 g/mol. The standard InChI is InChI=1S/C17H20N4OS/c1-12(18-2)10-15-20-17(22-21-15)14-11-23-16(19-14)9-8-13-6-4-3-5-7-13/h3-7,11-12,18H,8-10H2,1-2H3. The lowest BCUT2D eigenvalue weighted by molar-refractivity contribution is 0.417. The van der Waals surface area contributed by atoms with Crippen LogP contribution in [0.1, 0.15) is 23.3 Å². The Balaban J connectivity index is 1.62. The van der Waals surface area contributed by atoms with Crippen molar-refractivity contribution in [3.8, 4) is 11.6 Å². The summed E-state index contributed by atoms with van der Waals surface area (Å²) in [6, 6.07) is 10.8. The first-order chi connectivity index (χ1) is 11.2. The first-order valence-corrected chi connectivity index (χ1v) is 8.61. The number of hydrogen-bond acceptors (Lipinski definition) is 6. The topological polar surface area (TPSA) is 63.8 Å². The second kappa shape index (κ2) is 7.48. The number of aryl methyl sites for hydroxylation is 2. The fraction of sp³-hybridized carbons (Fsp3) is 0.353. The highest BCUT2D eigenvalue weighted by Crippen LogP contribution is 2.21. The molecular weight excluding hydrogens is 308 g/mol. The van der Waals surface area contributed by atoms with Crippen molar-refractivity contribution in [3.05, 3.63) is 52.1 Å². The summed E-state index contributed by atoms with van der Waals surface area (Å²) >= 11 is 1.64. The molecule has 5 nitrogen and oxygen atoms in total. The highest BCUT2D eigenvalue weighted by molar-refractivity contribution is 7.09. The molecule has 1 atom stereocenters. The molecule has 6 heteroatoms. The number of likely N-dealkylation sites (N-methyl/N-ethyl adjacent to an activating group) is 1. The van der Waals surface area contributed by atoms with Crippen molar-refractivity contribution in [2.24, 2.45) is 0 Å². The van der Waals surface area contributed by atoms with Gasteiger partial charge in [0.15, 0.2) is 5.82 Å². The number of benzene rings is 1. The third-order valence-electron chi connectivity index (χ3n) is 3.69. The zero-order valence-electron chi connectivity index (χ0n) is 13.3. The van der Waals surface area contributed by atoms with Crippen molar-refractivity contribution in [1.82, 2.24) is 20.4 Å². The molecule has 0 aliphatic carbocycles. The van der Waals surface area contributed by atoms with E-state index in [2.05, 4.69) is 51.6 Å². The van der Waals surface area contributed by atoms with E-state index in [9.17, 15) is 0 Å². The van der Waals surface area contributed by atoms with Gasteiger partial charge in [0, 0.05) is 24.3 Å². The second-order valence-electron chi connectivity index (χ2n) is 5.52. The van der Waals surface area contributed by atoms with Crippen molar-refractivity contribution >= 4 is 11.3 Å². The highest BCUT2D eigenvalue weighted by Gasteiger charge is 2.14. The van der Waals surface area contributed by atoms with Gasteiger partial charge in [0.2, 0.25) is 0 Å². The largest absolute Gasteiger partial charge is 0.332 e. The molecule has 0 aliphatic rings. The summed E-state index contributed by atoms with van der Waals surface area (Å²) in [5.41, 5.74) is 2.10. The number of rotatable bonds is 7. The van der Waals surface area contributed by atoms with Crippen LogP contribution in [0.4, 0.5) is 0 Å². The third kappa shape index (κ3) is 4.24. The van der Waals surface area contributed by atoms with Gasteiger partial charge in [-0.25, -0.2) is 4.98 Å². The van der Waals surface area contributed by atoms with Crippen LogP contribution in [0.3, 0.4) is 0 Å². The molecule has 1 N–H and O–H groups in total. The molecule has 120 valence electrons. The number of nitrogens with zero attached hydrogens (tertiary/aromatic N) is 3. The molecule has 23 heavy (non-hydrogen) atoms. The Morgan fingerprint density at radius 3 is 2.78 bits per heavy atom. The van der Waals surface area contributed by atoms with Crippen LogP contribution in [-0.4, -0.2) is 28.2 Å². The molecule has 3 rings (SSSR count). The lowest BCUT2D eigenvalue weighted by Crippen LogP contribution is -2.24. The maximum absolute atomic E-state index is 5.33. The van der Waals surface area contributed by atoms with Crippen molar-refractivity contribution in [2.45, 2.75) is 32.2 Å². The van der Waals surface area contributed by atoms with Crippen molar-refractivity contribution in [1.29, 1.82) is 0 Å². The Hall–Kier alpha value is -2.05. The normalized spacial score (nSPS) is 12.4.